The average molecular weight is 340 g/mol. The molecule has 0 aliphatic carbocycles. The third kappa shape index (κ3) is 3.58. The Kier molecular flexibility index (Phi) is 5.48. The molecule has 2 aromatic rings. The summed E-state index contributed by atoms with van der Waals surface area (Å²) in [4.78, 5) is 17.1. The van der Waals surface area contributed by atoms with Crippen molar-refractivity contribution in [1.82, 2.24) is 9.80 Å². The van der Waals surface area contributed by atoms with Gasteiger partial charge in [-0.3, -0.25) is 9.69 Å². The van der Waals surface area contributed by atoms with E-state index in [1.54, 1.807) is 29.2 Å². The molecule has 1 saturated heterocycles. The minimum Gasteiger partial charge on any atom is -0.395 e. The Labute approximate surface area is 148 Å². The topological polar surface area (TPSA) is 64.0 Å². The fourth-order valence-electron chi connectivity index (χ4n) is 3.32. The van der Waals surface area contributed by atoms with Crippen molar-refractivity contribution in [1.29, 1.82) is 0 Å². The summed E-state index contributed by atoms with van der Waals surface area (Å²) in [7, 11) is 0. The molecule has 2 N–H and O–H groups in total. The van der Waals surface area contributed by atoms with E-state index in [9.17, 15) is 9.90 Å². The smallest absolute Gasteiger partial charge is 0.264 e. The van der Waals surface area contributed by atoms with E-state index in [0.717, 1.165) is 0 Å². The van der Waals surface area contributed by atoms with Crippen molar-refractivity contribution in [2.45, 2.75) is 5.60 Å². The van der Waals surface area contributed by atoms with Gasteiger partial charge in [0.05, 0.1) is 6.61 Å². The largest absolute Gasteiger partial charge is 0.395 e. The van der Waals surface area contributed by atoms with Gasteiger partial charge < -0.3 is 15.1 Å². The van der Waals surface area contributed by atoms with Crippen molar-refractivity contribution in [2.24, 2.45) is 0 Å². The molecule has 1 aliphatic heterocycles. The van der Waals surface area contributed by atoms with Crippen LogP contribution in [0.2, 0.25) is 0 Å². The summed E-state index contributed by atoms with van der Waals surface area (Å²) in [5, 5.41) is 20.6. The molecule has 1 fully saturated rings. The molecule has 5 nitrogen and oxygen atoms in total. The maximum Gasteiger partial charge on any atom is 0.264 e. The highest BCUT2D eigenvalue weighted by Gasteiger charge is 2.43. The van der Waals surface area contributed by atoms with Crippen LogP contribution in [0.1, 0.15) is 11.1 Å². The molecule has 25 heavy (non-hydrogen) atoms. The Balaban J connectivity index is 1.89. The van der Waals surface area contributed by atoms with Gasteiger partial charge in [0.1, 0.15) is 0 Å². The van der Waals surface area contributed by atoms with Crippen molar-refractivity contribution in [3.63, 3.8) is 0 Å². The van der Waals surface area contributed by atoms with Gasteiger partial charge in [0.25, 0.3) is 5.91 Å². The lowest BCUT2D eigenvalue weighted by molar-refractivity contribution is -0.150. The van der Waals surface area contributed by atoms with Crippen LogP contribution in [0.3, 0.4) is 0 Å². The number of aliphatic hydroxyl groups is 2. The zero-order valence-corrected chi connectivity index (χ0v) is 14.2. The van der Waals surface area contributed by atoms with Gasteiger partial charge in [-0.1, -0.05) is 60.7 Å². The van der Waals surface area contributed by atoms with Gasteiger partial charge in [-0.25, -0.2) is 0 Å². The maximum atomic E-state index is 13.3. The molecule has 1 amide bonds. The molecule has 1 aliphatic rings. The summed E-state index contributed by atoms with van der Waals surface area (Å²) in [5.41, 5.74) is -0.547. The standard InChI is InChI=1S/C20H24N2O3/c23-16-15-21-11-13-22(14-12-21)19(24)20(25,17-7-3-1-4-8-17)18-9-5-2-6-10-18/h1-10,23,25H,11-16H2. The first-order valence-corrected chi connectivity index (χ1v) is 8.62. The predicted octanol–water partition coefficient (Wildman–Crippen LogP) is 1.06. The van der Waals surface area contributed by atoms with Crippen molar-refractivity contribution in [3.8, 4) is 0 Å². The summed E-state index contributed by atoms with van der Waals surface area (Å²) in [6.45, 7) is 3.22. The molecule has 0 bridgehead atoms. The Morgan fingerprint density at radius 3 is 1.80 bits per heavy atom. The number of amides is 1. The zero-order valence-electron chi connectivity index (χ0n) is 14.2. The van der Waals surface area contributed by atoms with Crippen LogP contribution in [-0.4, -0.2) is 65.3 Å². The lowest BCUT2D eigenvalue weighted by Gasteiger charge is -2.39. The number of aliphatic hydroxyl groups excluding tert-OH is 1. The first kappa shape index (κ1) is 17.6. The van der Waals surface area contributed by atoms with Crippen molar-refractivity contribution >= 4 is 5.91 Å². The minimum atomic E-state index is -1.69. The number of rotatable bonds is 5. The quantitative estimate of drug-likeness (QED) is 0.854. The van der Waals surface area contributed by atoms with Crippen LogP contribution in [0.15, 0.2) is 60.7 Å². The predicted molar refractivity (Wildman–Crippen MR) is 96.0 cm³/mol. The molecular formula is C20H24N2O3. The molecule has 3 rings (SSSR count). The molecule has 0 unspecified atom stereocenters. The van der Waals surface area contributed by atoms with E-state index in [-0.39, 0.29) is 12.5 Å². The summed E-state index contributed by atoms with van der Waals surface area (Å²) < 4.78 is 0. The molecule has 0 saturated carbocycles. The van der Waals surface area contributed by atoms with E-state index in [1.807, 2.05) is 36.4 Å². The summed E-state index contributed by atoms with van der Waals surface area (Å²) in [6.07, 6.45) is 0. The molecular weight excluding hydrogens is 316 g/mol. The van der Waals surface area contributed by atoms with Crippen LogP contribution in [-0.2, 0) is 10.4 Å². The molecule has 0 spiro atoms. The fraction of sp³-hybridized carbons (Fsp3) is 0.350. The molecule has 132 valence electrons. The van der Waals surface area contributed by atoms with Gasteiger partial charge in [0.2, 0.25) is 0 Å². The van der Waals surface area contributed by atoms with E-state index in [2.05, 4.69) is 4.90 Å². The second kappa shape index (κ2) is 7.78. The van der Waals surface area contributed by atoms with Crippen LogP contribution in [0.4, 0.5) is 0 Å². The van der Waals surface area contributed by atoms with Gasteiger partial charge in [0, 0.05) is 32.7 Å². The van der Waals surface area contributed by atoms with Crippen LogP contribution < -0.4 is 0 Å². The summed E-state index contributed by atoms with van der Waals surface area (Å²) in [6, 6.07) is 18.2. The van der Waals surface area contributed by atoms with E-state index in [4.69, 9.17) is 5.11 Å². The highest BCUT2D eigenvalue weighted by Crippen LogP contribution is 2.32. The number of hydrogen-bond acceptors (Lipinski definition) is 4. The zero-order chi connectivity index (χ0) is 17.7. The Bertz CT molecular complexity index is 643. The molecule has 0 radical (unpaired) electrons. The van der Waals surface area contributed by atoms with Crippen LogP contribution in [0, 0.1) is 0 Å². The van der Waals surface area contributed by atoms with Gasteiger partial charge >= 0.3 is 0 Å². The number of nitrogens with zero attached hydrogens (tertiary/aromatic N) is 2. The lowest BCUT2D eigenvalue weighted by atomic mass is 9.85. The highest BCUT2D eigenvalue weighted by molar-refractivity contribution is 5.90. The highest BCUT2D eigenvalue weighted by atomic mass is 16.3. The van der Waals surface area contributed by atoms with Gasteiger partial charge in [-0.15, -0.1) is 0 Å². The van der Waals surface area contributed by atoms with Crippen molar-refractivity contribution in [2.75, 3.05) is 39.3 Å². The molecule has 0 aromatic heterocycles. The number of β-amino-alcohol motifs (C(OH)–C–C–N with tert-alkyl or cyclic N) is 1. The number of hydrogen-bond donors (Lipinski definition) is 2. The second-order valence-corrected chi connectivity index (χ2v) is 6.30. The monoisotopic (exact) mass is 340 g/mol. The first-order chi connectivity index (χ1) is 12.2. The van der Waals surface area contributed by atoms with Crippen LogP contribution in [0.25, 0.3) is 0 Å². The van der Waals surface area contributed by atoms with E-state index < -0.39 is 5.60 Å². The van der Waals surface area contributed by atoms with E-state index >= 15 is 0 Å². The van der Waals surface area contributed by atoms with E-state index in [0.29, 0.717) is 43.9 Å². The van der Waals surface area contributed by atoms with Gasteiger partial charge in [0.15, 0.2) is 5.60 Å². The van der Waals surface area contributed by atoms with Crippen LogP contribution >= 0.6 is 0 Å². The fourth-order valence-corrected chi connectivity index (χ4v) is 3.32. The maximum absolute atomic E-state index is 13.3. The third-order valence-electron chi connectivity index (χ3n) is 4.77. The molecule has 0 atom stereocenters. The van der Waals surface area contributed by atoms with Gasteiger partial charge in [-0.2, -0.15) is 0 Å². The molecule has 5 heteroatoms. The summed E-state index contributed by atoms with van der Waals surface area (Å²) >= 11 is 0. The van der Waals surface area contributed by atoms with Crippen molar-refractivity contribution in [3.05, 3.63) is 71.8 Å². The third-order valence-corrected chi connectivity index (χ3v) is 4.77. The number of piperazine rings is 1. The summed E-state index contributed by atoms with van der Waals surface area (Å²) in [5.74, 6) is -0.298. The Morgan fingerprint density at radius 2 is 1.36 bits per heavy atom. The van der Waals surface area contributed by atoms with Crippen molar-refractivity contribution < 1.29 is 15.0 Å². The normalized spacial score (nSPS) is 16.0. The number of benzene rings is 2. The minimum absolute atomic E-state index is 0.117. The Hall–Kier alpha value is -2.21. The SMILES string of the molecule is O=C(N1CCN(CCO)CC1)C(O)(c1ccccc1)c1ccccc1. The molecule has 1 heterocycles. The van der Waals surface area contributed by atoms with Crippen LogP contribution in [0.5, 0.6) is 0 Å². The first-order valence-electron chi connectivity index (χ1n) is 8.62. The average Bonchev–Trinajstić information content (AvgIpc) is 2.69. The number of carbonyl (C=O) groups is 1. The molecule has 2 aromatic carbocycles. The number of carbonyl (C=O) groups excluding carboxylic acids is 1. The lowest BCUT2D eigenvalue weighted by Crippen LogP contribution is -2.55. The van der Waals surface area contributed by atoms with Gasteiger partial charge in [-0.05, 0) is 11.1 Å². The Morgan fingerprint density at radius 1 is 0.880 bits per heavy atom. The van der Waals surface area contributed by atoms with E-state index in [1.165, 1.54) is 0 Å². The second-order valence-electron chi connectivity index (χ2n) is 6.30.